The van der Waals surface area contributed by atoms with Gasteiger partial charge < -0.3 is 15.5 Å². The second-order valence-corrected chi connectivity index (χ2v) is 4.76. The third kappa shape index (κ3) is 5.10. The molecule has 20 heavy (non-hydrogen) atoms. The van der Waals surface area contributed by atoms with E-state index in [0.717, 1.165) is 24.3 Å². The van der Waals surface area contributed by atoms with E-state index in [-0.39, 0.29) is 22.2 Å². The number of nitrogens with one attached hydrogen (secondary N) is 1. The Bertz CT molecular complexity index is 489. The van der Waals surface area contributed by atoms with Crippen molar-refractivity contribution in [3.8, 4) is 0 Å². The lowest BCUT2D eigenvalue weighted by molar-refractivity contribution is -0.140. The summed E-state index contributed by atoms with van der Waals surface area (Å²) < 4.78 is 36.3. The van der Waals surface area contributed by atoms with Gasteiger partial charge in [0.25, 0.3) is 5.91 Å². The van der Waals surface area contributed by atoms with Crippen molar-refractivity contribution in [1.82, 2.24) is 5.32 Å². The highest BCUT2D eigenvalue weighted by molar-refractivity contribution is 8.00. The average molecular weight is 309 g/mol. The molecule has 0 radical (unpaired) electrons. The molecule has 0 unspecified atom stereocenters. The number of rotatable bonds is 5. The van der Waals surface area contributed by atoms with Gasteiger partial charge in [-0.3, -0.25) is 4.79 Å². The fourth-order valence-electron chi connectivity index (χ4n) is 1.24. The minimum absolute atomic E-state index is 0.00350. The van der Waals surface area contributed by atoms with E-state index in [2.05, 4.69) is 0 Å². The second-order valence-electron chi connectivity index (χ2n) is 3.62. The lowest BCUT2D eigenvalue weighted by Crippen LogP contribution is -2.43. The van der Waals surface area contributed by atoms with Crippen molar-refractivity contribution < 1.29 is 33.0 Å². The van der Waals surface area contributed by atoms with Gasteiger partial charge in [-0.05, 0) is 36.0 Å². The largest absolute Gasteiger partial charge is 0.480 e. The summed E-state index contributed by atoms with van der Waals surface area (Å²) in [5, 5.41) is 19.4. The molecule has 110 valence electrons. The first-order valence-corrected chi connectivity index (χ1v) is 6.05. The molecule has 0 aliphatic heterocycles. The monoisotopic (exact) mass is 309 g/mol. The highest BCUT2D eigenvalue weighted by atomic mass is 32.2. The lowest BCUT2D eigenvalue weighted by Gasteiger charge is -2.12. The summed E-state index contributed by atoms with van der Waals surface area (Å²) in [6.07, 6.45) is 0. The molecule has 0 fully saturated rings. The molecule has 1 atom stereocenters. The minimum Gasteiger partial charge on any atom is -0.480 e. The molecule has 9 heteroatoms. The number of thioether (sulfide) groups is 1. The maximum atomic E-state index is 12.1. The summed E-state index contributed by atoms with van der Waals surface area (Å²) in [4.78, 5) is 22.1. The summed E-state index contributed by atoms with van der Waals surface area (Å²) >= 11 is -0.321. The van der Waals surface area contributed by atoms with E-state index in [0.29, 0.717) is 0 Å². The molecule has 0 heterocycles. The smallest absolute Gasteiger partial charge is 0.446 e. The fraction of sp³-hybridized carbons (Fsp3) is 0.273. The van der Waals surface area contributed by atoms with Gasteiger partial charge >= 0.3 is 11.5 Å². The van der Waals surface area contributed by atoms with Crippen LogP contribution in [0.2, 0.25) is 0 Å². The summed E-state index contributed by atoms with van der Waals surface area (Å²) in [6, 6.07) is 3.01. The fourth-order valence-corrected chi connectivity index (χ4v) is 1.77. The van der Waals surface area contributed by atoms with Crippen LogP contribution in [0.5, 0.6) is 0 Å². The number of carboxylic acid groups (broad SMARTS) is 1. The van der Waals surface area contributed by atoms with Crippen LogP contribution in [0.15, 0.2) is 29.2 Å². The zero-order valence-corrected chi connectivity index (χ0v) is 10.7. The molecule has 1 aromatic carbocycles. The zero-order valence-electron chi connectivity index (χ0n) is 9.85. The van der Waals surface area contributed by atoms with Crippen molar-refractivity contribution in [2.24, 2.45) is 0 Å². The SMILES string of the molecule is O=C(N[C@@H](CO)C(=O)O)c1ccc(SC(F)(F)F)cc1. The Morgan fingerprint density at radius 3 is 2.20 bits per heavy atom. The Hall–Kier alpha value is -1.74. The van der Waals surface area contributed by atoms with Crippen LogP contribution >= 0.6 is 11.8 Å². The van der Waals surface area contributed by atoms with Gasteiger partial charge in [0.15, 0.2) is 6.04 Å². The van der Waals surface area contributed by atoms with Gasteiger partial charge in [-0.1, -0.05) is 0 Å². The molecule has 0 aliphatic rings. The number of aliphatic hydroxyl groups excluding tert-OH is 1. The normalized spacial score (nSPS) is 12.8. The van der Waals surface area contributed by atoms with Gasteiger partial charge in [0.1, 0.15) is 0 Å². The molecule has 3 N–H and O–H groups in total. The van der Waals surface area contributed by atoms with Gasteiger partial charge in [0.2, 0.25) is 0 Å². The van der Waals surface area contributed by atoms with Crippen molar-refractivity contribution in [3.63, 3.8) is 0 Å². The Balaban J connectivity index is 2.73. The van der Waals surface area contributed by atoms with Crippen LogP contribution < -0.4 is 5.32 Å². The first-order valence-electron chi connectivity index (χ1n) is 5.23. The molecule has 1 aromatic rings. The van der Waals surface area contributed by atoms with Gasteiger partial charge in [-0.2, -0.15) is 13.2 Å². The van der Waals surface area contributed by atoms with Gasteiger partial charge in [-0.15, -0.1) is 0 Å². The van der Waals surface area contributed by atoms with Crippen LogP contribution in [0, 0.1) is 0 Å². The number of hydrogen-bond donors (Lipinski definition) is 3. The van der Waals surface area contributed by atoms with Crippen LogP contribution in [0.25, 0.3) is 0 Å². The molecule has 1 rings (SSSR count). The van der Waals surface area contributed by atoms with E-state index in [9.17, 15) is 22.8 Å². The van der Waals surface area contributed by atoms with Crippen LogP contribution in [-0.4, -0.2) is 40.2 Å². The number of carbonyl (C=O) groups is 2. The van der Waals surface area contributed by atoms with Crippen molar-refractivity contribution >= 4 is 23.6 Å². The maximum absolute atomic E-state index is 12.1. The third-order valence-electron chi connectivity index (χ3n) is 2.14. The van der Waals surface area contributed by atoms with Gasteiger partial charge in [-0.25, -0.2) is 4.79 Å². The number of aliphatic hydroxyl groups is 1. The first-order chi connectivity index (χ1) is 9.23. The summed E-state index contributed by atoms with van der Waals surface area (Å²) in [7, 11) is 0. The number of hydrogen-bond acceptors (Lipinski definition) is 4. The molecule has 5 nitrogen and oxygen atoms in total. The van der Waals surface area contributed by atoms with Crippen molar-refractivity contribution in [1.29, 1.82) is 0 Å². The molecule has 0 saturated heterocycles. The van der Waals surface area contributed by atoms with Crippen LogP contribution in [0.1, 0.15) is 10.4 Å². The molecular formula is C11H10F3NO4S. The maximum Gasteiger partial charge on any atom is 0.446 e. The Morgan fingerprint density at radius 2 is 1.80 bits per heavy atom. The van der Waals surface area contributed by atoms with E-state index in [1.807, 2.05) is 5.32 Å². The van der Waals surface area contributed by atoms with Crippen molar-refractivity contribution in [2.45, 2.75) is 16.4 Å². The molecule has 0 aromatic heterocycles. The molecule has 0 saturated carbocycles. The minimum atomic E-state index is -4.42. The topological polar surface area (TPSA) is 86.6 Å². The van der Waals surface area contributed by atoms with Crippen LogP contribution in [0.3, 0.4) is 0 Å². The highest BCUT2D eigenvalue weighted by Gasteiger charge is 2.29. The molecule has 0 spiro atoms. The lowest BCUT2D eigenvalue weighted by atomic mass is 10.2. The number of benzene rings is 1. The predicted molar refractivity (Wildman–Crippen MR) is 64.3 cm³/mol. The van der Waals surface area contributed by atoms with Crippen LogP contribution in [0.4, 0.5) is 13.2 Å². The third-order valence-corrected chi connectivity index (χ3v) is 2.88. The average Bonchev–Trinajstić information content (AvgIpc) is 2.34. The van der Waals surface area contributed by atoms with Crippen molar-refractivity contribution in [3.05, 3.63) is 29.8 Å². The predicted octanol–water partition coefficient (Wildman–Crippen LogP) is 1.47. The van der Waals surface area contributed by atoms with Gasteiger partial charge in [0.05, 0.1) is 6.61 Å². The number of amides is 1. The van der Waals surface area contributed by atoms with E-state index in [1.165, 1.54) is 0 Å². The highest BCUT2D eigenvalue weighted by Crippen LogP contribution is 2.36. The van der Waals surface area contributed by atoms with Crippen molar-refractivity contribution in [2.75, 3.05) is 6.61 Å². The zero-order chi connectivity index (χ0) is 15.3. The van der Waals surface area contributed by atoms with E-state index >= 15 is 0 Å². The number of alkyl halides is 3. The van der Waals surface area contributed by atoms with E-state index in [4.69, 9.17) is 10.2 Å². The first kappa shape index (κ1) is 16.3. The van der Waals surface area contributed by atoms with Gasteiger partial charge in [0, 0.05) is 10.5 Å². The Labute approximate surface area is 115 Å². The second kappa shape index (κ2) is 6.62. The Kier molecular flexibility index (Phi) is 5.40. The Morgan fingerprint density at radius 1 is 1.25 bits per heavy atom. The van der Waals surface area contributed by atoms with Crippen LogP contribution in [-0.2, 0) is 4.79 Å². The molecule has 0 aliphatic carbocycles. The molecule has 1 amide bonds. The summed E-state index contributed by atoms with van der Waals surface area (Å²) in [5.41, 5.74) is -4.43. The summed E-state index contributed by atoms with van der Waals surface area (Å²) in [5.74, 6) is -2.21. The number of aliphatic carboxylic acids is 1. The number of halogens is 3. The van der Waals surface area contributed by atoms with E-state index < -0.39 is 30.0 Å². The molecular weight excluding hydrogens is 299 g/mol. The number of carboxylic acids is 1. The molecule has 0 bridgehead atoms. The quantitative estimate of drug-likeness (QED) is 0.717. The standard InChI is InChI=1S/C11H10F3NO4S/c12-11(13,14)20-7-3-1-6(2-4-7)9(17)15-8(5-16)10(18)19/h1-4,8,16H,5H2,(H,15,17)(H,18,19)/t8-/m0/s1. The van der Waals surface area contributed by atoms with E-state index in [1.54, 1.807) is 0 Å². The summed E-state index contributed by atoms with van der Waals surface area (Å²) in [6.45, 7) is -0.789. The number of carbonyl (C=O) groups excluding carboxylic acids is 1.